The van der Waals surface area contributed by atoms with Gasteiger partial charge in [-0.1, -0.05) is 12.5 Å². The van der Waals surface area contributed by atoms with Gasteiger partial charge in [-0.2, -0.15) is 0 Å². The van der Waals surface area contributed by atoms with Crippen molar-refractivity contribution in [3.63, 3.8) is 0 Å². The number of guanidine groups is 1. The summed E-state index contributed by atoms with van der Waals surface area (Å²) in [4.78, 5) is 9.65. The molecule has 1 N–H and O–H groups in total. The zero-order chi connectivity index (χ0) is 16.8. The van der Waals surface area contributed by atoms with Crippen molar-refractivity contribution in [2.45, 2.75) is 58.3 Å². The minimum atomic E-state index is 0. The number of halogens is 1. The van der Waals surface area contributed by atoms with Gasteiger partial charge in [0.15, 0.2) is 5.96 Å². The molecule has 0 saturated carbocycles. The van der Waals surface area contributed by atoms with Crippen molar-refractivity contribution < 1.29 is 0 Å². The van der Waals surface area contributed by atoms with Crippen molar-refractivity contribution in [1.82, 2.24) is 15.1 Å². The summed E-state index contributed by atoms with van der Waals surface area (Å²) < 4.78 is 0. The van der Waals surface area contributed by atoms with E-state index in [-0.39, 0.29) is 24.0 Å². The lowest BCUT2D eigenvalue weighted by atomic mass is 10.2. The molecule has 1 fully saturated rings. The largest absolute Gasteiger partial charge is 0.357 e. The van der Waals surface area contributed by atoms with Gasteiger partial charge in [-0.15, -0.1) is 30.6 Å². The van der Waals surface area contributed by atoms with E-state index < -0.39 is 0 Å². The van der Waals surface area contributed by atoms with Crippen LogP contribution in [0.2, 0.25) is 0 Å². The first-order valence-electron chi connectivity index (χ1n) is 9.60. The van der Waals surface area contributed by atoms with Gasteiger partial charge in [0.25, 0.3) is 0 Å². The third-order valence-corrected chi connectivity index (χ3v) is 4.44. The van der Waals surface area contributed by atoms with Crippen LogP contribution in [0.25, 0.3) is 0 Å². The number of rotatable bonds is 12. The molecule has 0 amide bonds. The topological polar surface area (TPSA) is 30.9 Å². The molecule has 0 unspecified atom stereocenters. The summed E-state index contributed by atoms with van der Waals surface area (Å²) in [6, 6.07) is 0. The minimum absolute atomic E-state index is 0. The molecular formula is C19H39IN4. The molecule has 1 saturated heterocycles. The molecule has 142 valence electrons. The molecule has 1 heterocycles. The third-order valence-electron chi connectivity index (χ3n) is 4.44. The highest BCUT2D eigenvalue weighted by Crippen LogP contribution is 2.08. The van der Waals surface area contributed by atoms with E-state index in [9.17, 15) is 0 Å². The third kappa shape index (κ3) is 11.3. The number of hydrogen-bond acceptors (Lipinski definition) is 2. The normalized spacial score (nSPS) is 15.2. The van der Waals surface area contributed by atoms with Crippen molar-refractivity contribution in [3.05, 3.63) is 12.7 Å². The van der Waals surface area contributed by atoms with Gasteiger partial charge in [0.05, 0.1) is 0 Å². The molecule has 0 aromatic rings. The van der Waals surface area contributed by atoms with Crippen LogP contribution in [-0.2, 0) is 0 Å². The highest BCUT2D eigenvalue weighted by Gasteiger charge is 2.10. The Kier molecular flexibility index (Phi) is 16.0. The number of unbranched alkanes of at least 4 members (excludes halogenated alkanes) is 4. The second kappa shape index (κ2) is 16.2. The lowest BCUT2D eigenvalue weighted by molar-refractivity contribution is 0.331. The predicted octanol–water partition coefficient (Wildman–Crippen LogP) is 4.12. The van der Waals surface area contributed by atoms with Crippen molar-refractivity contribution in [2.75, 3.05) is 46.3 Å². The van der Waals surface area contributed by atoms with E-state index >= 15 is 0 Å². The number of allylic oxidation sites excluding steroid dienone is 1. The number of nitrogens with one attached hydrogen (secondary N) is 1. The maximum atomic E-state index is 4.79. The summed E-state index contributed by atoms with van der Waals surface area (Å²) in [5.74, 6) is 1.07. The van der Waals surface area contributed by atoms with Gasteiger partial charge in [0.1, 0.15) is 0 Å². The molecule has 0 spiro atoms. The monoisotopic (exact) mass is 450 g/mol. The van der Waals surface area contributed by atoms with E-state index in [1.807, 2.05) is 6.08 Å². The first kappa shape index (κ1) is 23.7. The van der Waals surface area contributed by atoms with Crippen LogP contribution < -0.4 is 5.32 Å². The number of likely N-dealkylation sites (tertiary alicyclic amines) is 1. The van der Waals surface area contributed by atoms with Crippen LogP contribution in [-0.4, -0.2) is 62.1 Å². The molecule has 0 bridgehead atoms. The zero-order valence-electron chi connectivity index (χ0n) is 15.9. The zero-order valence-corrected chi connectivity index (χ0v) is 18.3. The van der Waals surface area contributed by atoms with Crippen molar-refractivity contribution >= 4 is 29.9 Å². The highest BCUT2D eigenvalue weighted by molar-refractivity contribution is 14.0. The molecule has 1 aliphatic heterocycles. The summed E-state index contributed by atoms with van der Waals surface area (Å²) >= 11 is 0. The Hall–Kier alpha value is -0.300. The Morgan fingerprint density at radius 2 is 1.92 bits per heavy atom. The van der Waals surface area contributed by atoms with Crippen molar-refractivity contribution in [1.29, 1.82) is 0 Å². The molecule has 0 atom stereocenters. The van der Waals surface area contributed by atoms with E-state index in [1.54, 1.807) is 0 Å². The van der Waals surface area contributed by atoms with Gasteiger partial charge in [-0.25, -0.2) is 0 Å². The highest BCUT2D eigenvalue weighted by atomic mass is 127. The molecule has 0 aliphatic carbocycles. The standard InChI is InChI=1S/C19H38N4.HI/c1-4-6-7-8-10-15-22(3)19(20-5-2)21-14-9-11-16-23-17-12-13-18-23;/h4H,1,5-18H2,2-3H3,(H,20,21);1H. The molecule has 1 aliphatic rings. The van der Waals surface area contributed by atoms with Crippen LogP contribution in [0, 0.1) is 0 Å². The van der Waals surface area contributed by atoms with Gasteiger partial charge in [-0.05, 0) is 71.5 Å². The second-order valence-electron chi connectivity index (χ2n) is 6.55. The molecule has 4 nitrogen and oxygen atoms in total. The fourth-order valence-corrected chi connectivity index (χ4v) is 3.03. The summed E-state index contributed by atoms with van der Waals surface area (Å²) in [7, 11) is 2.15. The van der Waals surface area contributed by atoms with Crippen LogP contribution in [0.5, 0.6) is 0 Å². The molecule has 0 radical (unpaired) electrons. The average Bonchev–Trinajstić information content (AvgIpc) is 3.06. The van der Waals surface area contributed by atoms with Gasteiger partial charge >= 0.3 is 0 Å². The van der Waals surface area contributed by atoms with Crippen molar-refractivity contribution in [3.8, 4) is 0 Å². The molecular weight excluding hydrogens is 411 g/mol. The SMILES string of the molecule is C=CCCCCCN(C)C(=NCCCCN1CCCC1)NCC.I. The molecule has 0 aromatic heterocycles. The number of nitrogens with zero attached hydrogens (tertiary/aromatic N) is 3. The lowest BCUT2D eigenvalue weighted by Crippen LogP contribution is -2.39. The number of hydrogen-bond donors (Lipinski definition) is 1. The van der Waals surface area contributed by atoms with Gasteiger partial charge in [0.2, 0.25) is 0 Å². The van der Waals surface area contributed by atoms with E-state index in [0.29, 0.717) is 0 Å². The van der Waals surface area contributed by atoms with E-state index in [0.717, 1.165) is 32.0 Å². The summed E-state index contributed by atoms with van der Waals surface area (Å²) in [6.45, 7) is 12.7. The molecule has 5 heteroatoms. The maximum Gasteiger partial charge on any atom is 0.193 e. The van der Waals surface area contributed by atoms with Crippen LogP contribution in [0.15, 0.2) is 17.6 Å². The molecule has 0 aromatic carbocycles. The lowest BCUT2D eigenvalue weighted by Gasteiger charge is -2.22. The van der Waals surface area contributed by atoms with Crippen LogP contribution in [0.4, 0.5) is 0 Å². The predicted molar refractivity (Wildman–Crippen MR) is 118 cm³/mol. The van der Waals surface area contributed by atoms with Crippen LogP contribution >= 0.6 is 24.0 Å². The van der Waals surface area contributed by atoms with Gasteiger partial charge < -0.3 is 15.1 Å². The molecule has 1 rings (SSSR count). The van der Waals surface area contributed by atoms with E-state index in [4.69, 9.17) is 4.99 Å². The van der Waals surface area contributed by atoms with Gasteiger partial charge in [-0.3, -0.25) is 4.99 Å². The van der Waals surface area contributed by atoms with Crippen LogP contribution in [0.1, 0.15) is 58.3 Å². The van der Waals surface area contributed by atoms with E-state index in [2.05, 4.69) is 35.7 Å². The molecule has 24 heavy (non-hydrogen) atoms. The minimum Gasteiger partial charge on any atom is -0.357 e. The Bertz CT molecular complexity index is 327. The Balaban J connectivity index is 0.00000529. The Morgan fingerprint density at radius 3 is 2.58 bits per heavy atom. The second-order valence-corrected chi connectivity index (χ2v) is 6.55. The van der Waals surface area contributed by atoms with Crippen molar-refractivity contribution in [2.24, 2.45) is 4.99 Å². The maximum absolute atomic E-state index is 4.79. The smallest absolute Gasteiger partial charge is 0.193 e. The number of aliphatic imine (C=N–C) groups is 1. The first-order chi connectivity index (χ1) is 11.3. The fourth-order valence-electron chi connectivity index (χ4n) is 3.03. The summed E-state index contributed by atoms with van der Waals surface area (Å²) in [6.07, 6.45) is 12.1. The van der Waals surface area contributed by atoms with E-state index in [1.165, 1.54) is 64.6 Å². The Morgan fingerprint density at radius 1 is 1.17 bits per heavy atom. The summed E-state index contributed by atoms with van der Waals surface area (Å²) in [5, 5.41) is 3.42. The summed E-state index contributed by atoms with van der Waals surface area (Å²) in [5.41, 5.74) is 0. The Labute approximate surface area is 167 Å². The fraction of sp³-hybridized carbons (Fsp3) is 0.842. The quantitative estimate of drug-likeness (QED) is 0.160. The average molecular weight is 450 g/mol. The first-order valence-corrected chi connectivity index (χ1v) is 9.60. The van der Waals surface area contributed by atoms with Crippen LogP contribution in [0.3, 0.4) is 0 Å². The van der Waals surface area contributed by atoms with Gasteiger partial charge in [0, 0.05) is 26.7 Å².